The number of hydrogen-bond donors (Lipinski definition) is 4. The summed E-state index contributed by atoms with van der Waals surface area (Å²) in [5.41, 5.74) is 7.40. The van der Waals surface area contributed by atoms with Gasteiger partial charge in [0.1, 0.15) is 23.8 Å². The van der Waals surface area contributed by atoms with Gasteiger partial charge in [0.25, 0.3) is 0 Å². The van der Waals surface area contributed by atoms with E-state index in [0.717, 1.165) is 95.7 Å². The van der Waals surface area contributed by atoms with Crippen molar-refractivity contribution in [3.8, 4) is 0 Å². The molecule has 6 atom stereocenters. The highest BCUT2D eigenvalue weighted by Crippen LogP contribution is 2.47. The zero-order chi connectivity index (χ0) is 39.4. The van der Waals surface area contributed by atoms with Crippen LogP contribution in [-0.4, -0.2) is 92.1 Å². The van der Waals surface area contributed by atoms with Gasteiger partial charge in [0.05, 0.1) is 48.0 Å². The number of likely N-dealkylation sites (tertiary alicyclic amines) is 2. The van der Waals surface area contributed by atoms with Crippen molar-refractivity contribution in [3.05, 3.63) is 89.4 Å². The van der Waals surface area contributed by atoms with Crippen LogP contribution in [0.1, 0.15) is 100 Å². The average molecular weight is 775 g/mol. The predicted octanol–water partition coefficient (Wildman–Crippen LogP) is 6.84. The third-order valence-electron chi connectivity index (χ3n) is 12.5. The van der Waals surface area contributed by atoms with Crippen LogP contribution in [0, 0.1) is 11.8 Å². The Labute approximate surface area is 331 Å². The van der Waals surface area contributed by atoms with E-state index < -0.39 is 18.2 Å². The topological polar surface area (TPSA) is 166 Å². The zero-order valence-electron chi connectivity index (χ0n) is 32.6. The molecule has 2 saturated heterocycles. The molecule has 2 aliphatic carbocycles. The van der Waals surface area contributed by atoms with Gasteiger partial charge in [-0.05, 0) is 86.3 Å². The third kappa shape index (κ3) is 6.73. The van der Waals surface area contributed by atoms with E-state index in [-0.39, 0.29) is 42.2 Å². The van der Waals surface area contributed by atoms with Gasteiger partial charge in [-0.1, -0.05) is 44.2 Å². The lowest BCUT2D eigenvalue weighted by Crippen LogP contribution is -2.51. The fraction of sp³-hybridized carbons (Fsp3) is 0.465. The molecule has 9 rings (SSSR count). The predicted molar refractivity (Wildman–Crippen MR) is 215 cm³/mol. The molecule has 4 N–H and O–H groups in total. The van der Waals surface area contributed by atoms with Crippen LogP contribution < -0.4 is 10.6 Å². The number of hydrogen-bond acceptors (Lipinski definition) is 8. The number of carbonyl (C=O) groups excluding carboxylic acids is 2. The number of alkyl carbamates (subject to hydrolysis) is 1. The molecule has 14 nitrogen and oxygen atoms in total. The minimum Gasteiger partial charge on any atom is -0.469 e. The number of nitrogens with one attached hydrogen (secondary N) is 3. The maximum Gasteiger partial charge on any atom is 0.407 e. The molecule has 0 spiro atoms. The first-order chi connectivity index (χ1) is 27.7. The number of benzene rings is 1. The summed E-state index contributed by atoms with van der Waals surface area (Å²) in [5.74, 6) is 1.50. The Hall–Kier alpha value is -5.63. The van der Waals surface area contributed by atoms with Crippen molar-refractivity contribution < 1.29 is 29.0 Å². The van der Waals surface area contributed by atoms with E-state index in [1.165, 1.54) is 17.6 Å². The molecule has 14 heteroatoms. The minimum absolute atomic E-state index is 0.109. The molecule has 0 bridgehead atoms. The molecule has 2 fully saturated rings. The third-order valence-corrected chi connectivity index (χ3v) is 12.5. The number of H-pyrrole nitrogens is 1. The van der Waals surface area contributed by atoms with E-state index in [9.17, 15) is 19.5 Å². The molecule has 1 aromatic carbocycles. The van der Waals surface area contributed by atoms with Crippen LogP contribution in [0.25, 0.3) is 22.0 Å². The van der Waals surface area contributed by atoms with Gasteiger partial charge in [0.2, 0.25) is 5.91 Å². The maximum atomic E-state index is 13.7. The van der Waals surface area contributed by atoms with Gasteiger partial charge < -0.3 is 39.2 Å². The summed E-state index contributed by atoms with van der Waals surface area (Å²) in [4.78, 5) is 54.4. The molecule has 57 heavy (non-hydrogen) atoms. The van der Waals surface area contributed by atoms with E-state index in [4.69, 9.17) is 19.5 Å². The number of fused-ring (bicyclic) bond motifs is 4. The van der Waals surface area contributed by atoms with Crippen LogP contribution in [0.15, 0.2) is 71.6 Å². The van der Waals surface area contributed by atoms with Crippen LogP contribution >= 0.6 is 0 Å². The molecule has 3 amide bonds. The number of aliphatic imine (C=N–C) groups is 1. The molecule has 6 unspecified atom stereocenters. The fourth-order valence-electron chi connectivity index (χ4n) is 9.54. The Morgan fingerprint density at radius 1 is 1.05 bits per heavy atom. The highest BCUT2D eigenvalue weighted by Gasteiger charge is 2.39. The second-order valence-corrected chi connectivity index (χ2v) is 16.2. The van der Waals surface area contributed by atoms with Crippen LogP contribution in [0.2, 0.25) is 0 Å². The SMILES string of the molecule is COC(=O)NC(C(=O)N1CCCC1c1ncc(C2=CC3=C(CC2)c2cc4cc(C5N=C(C6CCCN6C(=O)O)CN5)ccc4n2C(C2C=CC=CC2)O3)[nH]1)C(C)C. The molecular formula is C43H50N8O6. The first kappa shape index (κ1) is 37.0. The molecule has 3 aromatic rings. The zero-order valence-corrected chi connectivity index (χ0v) is 32.6. The summed E-state index contributed by atoms with van der Waals surface area (Å²) < 4.78 is 14.2. The standard InChI is InChI=1S/C43H50N8O6/c1-24(2)37(48-42(53)56-3)40(52)49-17-8-12-34(49)39-45-22-30(46-39)26-13-15-29-35-20-28-19-27(38-44-23-31(47-38)33-11-7-18-50(33)43(54)55)14-16-32(28)51(35)41(57-36(29)21-26)25-9-5-4-6-10-25/h4-6,9,14,16,19-22,24-25,33-34,37-38,41,44H,7-8,10-13,15,17-18,23H2,1-3H3,(H,45,46)(H,48,53)(H,54,55). The van der Waals surface area contributed by atoms with Crippen LogP contribution in [0.5, 0.6) is 0 Å². The van der Waals surface area contributed by atoms with Crippen LogP contribution in [0.4, 0.5) is 9.59 Å². The summed E-state index contributed by atoms with van der Waals surface area (Å²) in [6.07, 6.45) is 16.4. The van der Waals surface area contributed by atoms with Gasteiger partial charge in [0, 0.05) is 36.5 Å². The monoisotopic (exact) mass is 774 g/mol. The van der Waals surface area contributed by atoms with Gasteiger partial charge in [-0.25, -0.2) is 14.6 Å². The number of nitrogens with zero attached hydrogens (tertiary/aromatic N) is 5. The van der Waals surface area contributed by atoms with Crippen LogP contribution in [0.3, 0.4) is 0 Å². The van der Waals surface area contributed by atoms with Crippen molar-refractivity contribution in [1.29, 1.82) is 0 Å². The Morgan fingerprint density at radius 3 is 2.65 bits per heavy atom. The Kier molecular flexibility index (Phi) is 9.75. The van der Waals surface area contributed by atoms with Crippen molar-refractivity contribution >= 4 is 45.9 Å². The highest BCUT2D eigenvalue weighted by molar-refractivity contribution is 5.95. The smallest absolute Gasteiger partial charge is 0.407 e. The Morgan fingerprint density at radius 2 is 1.88 bits per heavy atom. The molecule has 0 saturated carbocycles. The number of carbonyl (C=O) groups is 3. The number of imidazole rings is 1. The molecule has 0 radical (unpaired) electrons. The summed E-state index contributed by atoms with van der Waals surface area (Å²) in [7, 11) is 1.30. The second kappa shape index (κ2) is 15.0. The number of aromatic amines is 1. The van der Waals surface area contributed by atoms with Gasteiger partial charge in [-0.15, -0.1) is 0 Å². The number of rotatable bonds is 8. The van der Waals surface area contributed by atoms with Crippen LogP contribution in [-0.2, 0) is 14.3 Å². The van der Waals surface area contributed by atoms with Gasteiger partial charge >= 0.3 is 12.2 Å². The summed E-state index contributed by atoms with van der Waals surface area (Å²) in [5, 5.41) is 17.1. The molecule has 6 aliphatic rings. The highest BCUT2D eigenvalue weighted by atomic mass is 16.5. The average Bonchev–Trinajstić information content (AvgIpc) is 4.07. The van der Waals surface area contributed by atoms with Gasteiger partial charge in [-0.3, -0.25) is 15.1 Å². The summed E-state index contributed by atoms with van der Waals surface area (Å²) in [6.45, 7) is 5.55. The second-order valence-electron chi connectivity index (χ2n) is 16.2. The Balaban J connectivity index is 1.01. The van der Waals surface area contributed by atoms with Crippen molar-refractivity contribution in [2.75, 3.05) is 26.7 Å². The lowest BCUT2D eigenvalue weighted by atomic mass is 9.91. The van der Waals surface area contributed by atoms with Gasteiger partial charge in [-0.2, -0.15) is 0 Å². The lowest BCUT2D eigenvalue weighted by molar-refractivity contribution is -0.135. The number of allylic oxidation sites excluding steroid dienone is 6. The first-order valence-corrected chi connectivity index (χ1v) is 20.3. The van der Waals surface area contributed by atoms with Crippen molar-refractivity contribution in [1.82, 2.24) is 35.0 Å². The lowest BCUT2D eigenvalue weighted by Gasteiger charge is -2.36. The number of aromatic nitrogens is 3. The van der Waals surface area contributed by atoms with E-state index in [1.807, 2.05) is 24.9 Å². The van der Waals surface area contributed by atoms with Crippen molar-refractivity contribution in [3.63, 3.8) is 0 Å². The van der Waals surface area contributed by atoms with Crippen molar-refractivity contribution in [2.24, 2.45) is 16.8 Å². The first-order valence-electron chi connectivity index (χ1n) is 20.3. The number of methoxy groups -OCH3 is 1. The molecular weight excluding hydrogens is 725 g/mol. The summed E-state index contributed by atoms with van der Waals surface area (Å²) >= 11 is 0. The molecule has 2 aromatic heterocycles. The quantitative estimate of drug-likeness (QED) is 0.193. The summed E-state index contributed by atoms with van der Waals surface area (Å²) in [6, 6.07) is 7.73. The van der Waals surface area contributed by atoms with E-state index in [0.29, 0.717) is 19.6 Å². The largest absolute Gasteiger partial charge is 0.469 e. The van der Waals surface area contributed by atoms with Gasteiger partial charge in [0.15, 0.2) is 6.23 Å². The molecule has 6 heterocycles. The fourth-order valence-corrected chi connectivity index (χ4v) is 9.54. The van der Waals surface area contributed by atoms with Crippen molar-refractivity contribution in [2.45, 2.75) is 89.3 Å². The van der Waals surface area contributed by atoms with E-state index in [2.05, 4.69) is 74.8 Å². The number of amides is 3. The molecule has 4 aliphatic heterocycles. The number of ether oxygens (including phenoxy) is 2. The van der Waals surface area contributed by atoms with E-state index >= 15 is 0 Å². The Bertz CT molecular complexity index is 2260. The maximum absolute atomic E-state index is 13.7. The number of carboxylic acid groups (broad SMARTS) is 1. The minimum atomic E-state index is -0.881. The molecule has 298 valence electrons. The van der Waals surface area contributed by atoms with E-state index in [1.54, 1.807) is 0 Å². The normalized spacial score (nSPS) is 26.0.